The molecule has 1 rings (SSSR count). The number of hydrogen-bond acceptors (Lipinski definition) is 5. The molecule has 7 nitrogen and oxygen atoms in total. The summed E-state index contributed by atoms with van der Waals surface area (Å²) < 4.78 is 0. The Kier molecular flexibility index (Phi) is 4.47. The lowest BCUT2D eigenvalue weighted by Gasteiger charge is -2.11. The number of nitro benzene ring substituents is 1. The molecule has 0 unspecified atom stereocenters. The molecule has 0 aliphatic carbocycles. The number of carbonyl (C=O) groups excluding carboxylic acids is 1. The Bertz CT molecular complexity index is 470. The van der Waals surface area contributed by atoms with Crippen LogP contribution >= 0.6 is 0 Å². The van der Waals surface area contributed by atoms with Gasteiger partial charge in [-0.2, -0.15) is 0 Å². The van der Waals surface area contributed by atoms with Gasteiger partial charge in [0, 0.05) is 23.0 Å². The van der Waals surface area contributed by atoms with Crippen molar-refractivity contribution in [3.05, 3.63) is 50.1 Å². The van der Waals surface area contributed by atoms with Gasteiger partial charge in [-0.3, -0.25) is 20.2 Å². The lowest BCUT2D eigenvalue weighted by atomic mass is 9.93. The Hall–Kier alpha value is -2.31. The molecule has 18 heavy (non-hydrogen) atoms. The van der Waals surface area contributed by atoms with Crippen LogP contribution < -0.4 is 0 Å². The molecule has 0 spiro atoms. The first-order valence-electron chi connectivity index (χ1n) is 5.26. The second kappa shape index (κ2) is 5.85. The van der Waals surface area contributed by atoms with E-state index in [4.69, 9.17) is 0 Å². The van der Waals surface area contributed by atoms with Crippen LogP contribution in [-0.2, 0) is 4.79 Å². The monoisotopic (exact) mass is 252 g/mol. The third-order valence-corrected chi connectivity index (χ3v) is 2.48. The Morgan fingerprint density at radius 3 is 2.39 bits per heavy atom. The van der Waals surface area contributed by atoms with Crippen LogP contribution in [0.5, 0.6) is 0 Å². The van der Waals surface area contributed by atoms with E-state index in [2.05, 4.69) is 0 Å². The van der Waals surface area contributed by atoms with Crippen molar-refractivity contribution < 1.29 is 14.6 Å². The molecule has 0 amide bonds. The number of nitro groups is 2. The van der Waals surface area contributed by atoms with Gasteiger partial charge in [0.25, 0.3) is 5.69 Å². The number of para-hydroxylation sites is 1. The minimum atomic E-state index is -0.765. The highest BCUT2D eigenvalue weighted by Crippen LogP contribution is 2.29. The quantitative estimate of drug-likeness (QED) is 0.568. The Morgan fingerprint density at radius 2 is 1.89 bits per heavy atom. The summed E-state index contributed by atoms with van der Waals surface area (Å²) in [5, 5.41) is 21.4. The summed E-state index contributed by atoms with van der Waals surface area (Å²) in [5.74, 6) is -1.00. The average molecular weight is 252 g/mol. The fraction of sp³-hybridized carbons (Fsp3) is 0.364. The van der Waals surface area contributed by atoms with Crippen molar-refractivity contribution in [2.24, 2.45) is 0 Å². The summed E-state index contributed by atoms with van der Waals surface area (Å²) in [6.07, 6.45) is -0.0775. The number of carbonyl (C=O) groups is 1. The first kappa shape index (κ1) is 13.8. The van der Waals surface area contributed by atoms with E-state index in [1.807, 2.05) is 0 Å². The minimum Gasteiger partial charge on any atom is -0.300 e. The predicted octanol–water partition coefficient (Wildman–Crippen LogP) is 1.93. The fourth-order valence-electron chi connectivity index (χ4n) is 1.80. The van der Waals surface area contributed by atoms with Crippen LogP contribution in [0.4, 0.5) is 5.69 Å². The molecular formula is C11H12N2O5. The molecule has 7 heteroatoms. The molecular weight excluding hydrogens is 240 g/mol. The summed E-state index contributed by atoms with van der Waals surface area (Å²) in [6, 6.07) is 5.78. The number of hydrogen-bond donors (Lipinski definition) is 0. The SMILES string of the molecule is CC(=O)C[C@@H](C[N+](=O)[O-])c1ccccc1[N+](=O)[O-]. The largest absolute Gasteiger partial charge is 0.300 e. The van der Waals surface area contributed by atoms with Gasteiger partial charge in [-0.25, -0.2) is 0 Å². The zero-order valence-electron chi connectivity index (χ0n) is 9.74. The summed E-state index contributed by atoms with van der Waals surface area (Å²) >= 11 is 0. The van der Waals surface area contributed by atoms with Crippen LogP contribution in [0.1, 0.15) is 24.8 Å². The molecule has 0 aliphatic rings. The molecule has 0 heterocycles. The van der Waals surface area contributed by atoms with Gasteiger partial charge in [-0.1, -0.05) is 18.2 Å². The molecule has 1 atom stereocenters. The first-order chi connectivity index (χ1) is 8.41. The van der Waals surface area contributed by atoms with E-state index < -0.39 is 22.3 Å². The van der Waals surface area contributed by atoms with Crippen molar-refractivity contribution in [3.8, 4) is 0 Å². The summed E-state index contributed by atoms with van der Waals surface area (Å²) in [6.45, 7) is 0.812. The third kappa shape index (κ3) is 3.62. The van der Waals surface area contributed by atoms with E-state index in [9.17, 15) is 25.0 Å². The van der Waals surface area contributed by atoms with Gasteiger partial charge in [-0.15, -0.1) is 0 Å². The van der Waals surface area contributed by atoms with Crippen LogP contribution in [0.25, 0.3) is 0 Å². The maximum atomic E-state index is 11.1. The van der Waals surface area contributed by atoms with E-state index >= 15 is 0 Å². The number of Topliss-reactive ketones (excluding diaryl/α,β-unsaturated/α-hetero) is 1. The maximum absolute atomic E-state index is 11.1. The second-order valence-electron chi connectivity index (χ2n) is 3.93. The lowest BCUT2D eigenvalue weighted by molar-refractivity contribution is -0.483. The van der Waals surface area contributed by atoms with Crippen molar-refractivity contribution >= 4 is 11.5 Å². The van der Waals surface area contributed by atoms with Crippen molar-refractivity contribution in [1.29, 1.82) is 0 Å². The minimum absolute atomic E-state index is 0.0775. The molecule has 96 valence electrons. The van der Waals surface area contributed by atoms with Crippen LogP contribution in [-0.4, -0.2) is 22.2 Å². The van der Waals surface area contributed by atoms with Gasteiger partial charge in [0.2, 0.25) is 6.54 Å². The van der Waals surface area contributed by atoms with E-state index in [1.54, 1.807) is 6.07 Å². The van der Waals surface area contributed by atoms with Crippen molar-refractivity contribution in [3.63, 3.8) is 0 Å². The highest BCUT2D eigenvalue weighted by molar-refractivity contribution is 5.76. The summed E-state index contributed by atoms with van der Waals surface area (Å²) in [5.41, 5.74) is 0.0417. The highest BCUT2D eigenvalue weighted by atomic mass is 16.6. The molecule has 0 fully saturated rings. The molecule has 0 aromatic heterocycles. The number of rotatable bonds is 6. The highest BCUT2D eigenvalue weighted by Gasteiger charge is 2.26. The first-order valence-corrected chi connectivity index (χ1v) is 5.26. The summed E-state index contributed by atoms with van der Waals surface area (Å²) in [4.78, 5) is 31.4. The third-order valence-electron chi connectivity index (χ3n) is 2.48. The smallest absolute Gasteiger partial charge is 0.273 e. The van der Waals surface area contributed by atoms with E-state index in [0.717, 1.165) is 0 Å². The van der Waals surface area contributed by atoms with Gasteiger partial charge in [0.05, 0.1) is 10.8 Å². The lowest BCUT2D eigenvalue weighted by Crippen LogP contribution is -2.16. The molecule has 0 saturated carbocycles. The van der Waals surface area contributed by atoms with E-state index in [1.165, 1.54) is 25.1 Å². The van der Waals surface area contributed by atoms with Crippen LogP contribution in [0.2, 0.25) is 0 Å². The predicted molar refractivity (Wildman–Crippen MR) is 63.0 cm³/mol. The molecule has 0 N–H and O–H groups in total. The van der Waals surface area contributed by atoms with Crippen molar-refractivity contribution in [1.82, 2.24) is 0 Å². The number of benzene rings is 1. The number of nitrogens with zero attached hydrogens (tertiary/aromatic N) is 2. The fourth-order valence-corrected chi connectivity index (χ4v) is 1.80. The normalized spacial score (nSPS) is 11.8. The van der Waals surface area contributed by atoms with E-state index in [-0.39, 0.29) is 23.5 Å². The van der Waals surface area contributed by atoms with Crippen molar-refractivity contribution in [2.75, 3.05) is 6.54 Å². The van der Waals surface area contributed by atoms with Crippen LogP contribution in [0.3, 0.4) is 0 Å². The van der Waals surface area contributed by atoms with Crippen molar-refractivity contribution in [2.45, 2.75) is 19.3 Å². The Labute approximate surface area is 103 Å². The molecule has 1 aromatic carbocycles. The molecule has 0 aliphatic heterocycles. The topological polar surface area (TPSA) is 103 Å². The van der Waals surface area contributed by atoms with Crippen LogP contribution in [0.15, 0.2) is 24.3 Å². The molecule has 0 bridgehead atoms. The van der Waals surface area contributed by atoms with Gasteiger partial charge in [-0.05, 0) is 6.92 Å². The van der Waals surface area contributed by atoms with Gasteiger partial charge < -0.3 is 4.79 Å². The van der Waals surface area contributed by atoms with Gasteiger partial charge >= 0.3 is 0 Å². The average Bonchev–Trinajstić information content (AvgIpc) is 2.26. The number of ketones is 1. The Balaban J connectivity index is 3.15. The Morgan fingerprint density at radius 1 is 1.28 bits per heavy atom. The molecule has 0 radical (unpaired) electrons. The van der Waals surface area contributed by atoms with Crippen LogP contribution in [0, 0.1) is 20.2 Å². The maximum Gasteiger partial charge on any atom is 0.273 e. The standard InChI is InChI=1S/C11H12N2O5/c1-8(14)6-9(7-12(15)16)10-4-2-3-5-11(10)13(17)18/h2-5,9H,6-7H2,1H3/t9-/m0/s1. The summed E-state index contributed by atoms with van der Waals surface area (Å²) in [7, 11) is 0. The zero-order valence-corrected chi connectivity index (χ0v) is 9.74. The van der Waals surface area contributed by atoms with E-state index in [0.29, 0.717) is 0 Å². The van der Waals surface area contributed by atoms with Gasteiger partial charge in [0.1, 0.15) is 5.78 Å². The van der Waals surface area contributed by atoms with Gasteiger partial charge in [0.15, 0.2) is 0 Å². The molecule has 0 saturated heterocycles. The second-order valence-corrected chi connectivity index (χ2v) is 3.93. The molecule has 1 aromatic rings. The zero-order chi connectivity index (χ0) is 13.7.